The molecule has 3 unspecified atom stereocenters. The van der Waals surface area contributed by atoms with Gasteiger partial charge in [0.2, 0.25) is 0 Å². The van der Waals surface area contributed by atoms with Gasteiger partial charge in [-0.2, -0.15) is 0 Å². The zero-order valence-corrected chi connectivity index (χ0v) is 12.9. The van der Waals surface area contributed by atoms with Gasteiger partial charge in [0.15, 0.2) is 0 Å². The molecule has 2 aliphatic rings. The molecule has 0 aromatic heterocycles. The molecule has 0 spiro atoms. The number of nitrogens with zero attached hydrogens (tertiary/aromatic N) is 1. The Hall–Kier alpha value is -1.02. The number of hydrogen-bond donors (Lipinski definition) is 1. The molecule has 3 atom stereocenters. The summed E-state index contributed by atoms with van der Waals surface area (Å²) < 4.78 is 0. The lowest BCUT2D eigenvalue weighted by molar-refractivity contribution is 0.325. The topological polar surface area (TPSA) is 15.3 Å². The lowest BCUT2D eigenvalue weighted by Gasteiger charge is -2.27. The Morgan fingerprint density at radius 3 is 2.60 bits per heavy atom. The number of benzene rings is 1. The van der Waals surface area contributed by atoms with Crippen LogP contribution in [0.2, 0.25) is 0 Å². The first-order valence-corrected chi connectivity index (χ1v) is 8.34. The van der Waals surface area contributed by atoms with Crippen LogP contribution in [0.15, 0.2) is 24.3 Å². The van der Waals surface area contributed by atoms with Crippen molar-refractivity contribution < 1.29 is 0 Å². The van der Waals surface area contributed by atoms with E-state index in [0.29, 0.717) is 6.04 Å². The molecule has 1 saturated carbocycles. The van der Waals surface area contributed by atoms with Gasteiger partial charge in [-0.25, -0.2) is 0 Å². The molecule has 1 aliphatic carbocycles. The molecule has 1 aliphatic heterocycles. The van der Waals surface area contributed by atoms with E-state index in [2.05, 4.69) is 48.3 Å². The third kappa shape index (κ3) is 3.01. The summed E-state index contributed by atoms with van der Waals surface area (Å²) in [4.78, 5) is 2.52. The van der Waals surface area contributed by atoms with Gasteiger partial charge in [0.1, 0.15) is 0 Å². The third-order valence-corrected chi connectivity index (χ3v) is 5.17. The van der Waals surface area contributed by atoms with Crippen molar-refractivity contribution in [3.05, 3.63) is 29.8 Å². The van der Waals surface area contributed by atoms with Gasteiger partial charge in [0, 0.05) is 30.9 Å². The number of likely N-dealkylation sites (N-methyl/N-ethyl adjacent to an activating group) is 1. The summed E-state index contributed by atoms with van der Waals surface area (Å²) in [6, 6.07) is 10.5. The largest absolute Gasteiger partial charge is 0.370 e. The molecule has 1 saturated heterocycles. The number of anilines is 1. The molecule has 2 fully saturated rings. The lowest BCUT2D eigenvalue weighted by Crippen LogP contribution is -2.40. The molecule has 0 amide bonds. The minimum atomic E-state index is 0.685. The monoisotopic (exact) mass is 272 g/mol. The Kier molecular flexibility index (Phi) is 4.30. The number of hydrogen-bond acceptors (Lipinski definition) is 2. The quantitative estimate of drug-likeness (QED) is 0.898. The summed E-state index contributed by atoms with van der Waals surface area (Å²) in [5.74, 6) is 0.950. The van der Waals surface area contributed by atoms with Crippen LogP contribution in [-0.4, -0.2) is 25.2 Å². The highest BCUT2D eigenvalue weighted by Gasteiger charge is 2.35. The van der Waals surface area contributed by atoms with E-state index in [0.717, 1.165) is 25.0 Å². The van der Waals surface area contributed by atoms with E-state index in [1.54, 1.807) is 0 Å². The normalized spacial score (nSPS) is 29.2. The fraction of sp³-hybridized carbons (Fsp3) is 0.667. The lowest BCUT2D eigenvalue weighted by atomic mass is 9.85. The second kappa shape index (κ2) is 6.17. The maximum Gasteiger partial charge on any atom is 0.0366 e. The van der Waals surface area contributed by atoms with E-state index >= 15 is 0 Å². The molecule has 110 valence electrons. The van der Waals surface area contributed by atoms with Crippen LogP contribution in [0.3, 0.4) is 0 Å². The maximum atomic E-state index is 3.90. The minimum Gasteiger partial charge on any atom is -0.370 e. The molecular formula is C18H28N2. The fourth-order valence-electron chi connectivity index (χ4n) is 4.01. The van der Waals surface area contributed by atoms with E-state index < -0.39 is 0 Å². The van der Waals surface area contributed by atoms with Crippen molar-refractivity contribution in [2.45, 2.75) is 58.0 Å². The van der Waals surface area contributed by atoms with Gasteiger partial charge in [-0.1, -0.05) is 30.5 Å². The zero-order chi connectivity index (χ0) is 13.9. The van der Waals surface area contributed by atoms with Gasteiger partial charge in [0.05, 0.1) is 0 Å². The summed E-state index contributed by atoms with van der Waals surface area (Å²) in [6.45, 7) is 6.67. The maximum absolute atomic E-state index is 3.90. The van der Waals surface area contributed by atoms with Gasteiger partial charge in [-0.3, -0.25) is 0 Å². The predicted octanol–water partition coefficient (Wildman–Crippen LogP) is 3.74. The highest BCUT2D eigenvalue weighted by molar-refractivity contribution is 5.47. The standard InChI is InChI=1S/C18H28N2/c1-3-20(17-10-8-14(2)9-11-17)13-16-12-15-6-4-5-7-18(15)19-16/h8-11,15-16,18-19H,3-7,12-13H2,1-2H3. The summed E-state index contributed by atoms with van der Waals surface area (Å²) >= 11 is 0. The van der Waals surface area contributed by atoms with Gasteiger partial charge in [-0.05, 0) is 51.2 Å². The van der Waals surface area contributed by atoms with E-state index in [1.165, 1.54) is 43.4 Å². The van der Waals surface area contributed by atoms with E-state index in [4.69, 9.17) is 0 Å². The number of aryl methyl sites for hydroxylation is 1. The van der Waals surface area contributed by atoms with Crippen molar-refractivity contribution in [3.63, 3.8) is 0 Å². The second-order valence-corrected chi connectivity index (χ2v) is 6.62. The first-order valence-electron chi connectivity index (χ1n) is 8.34. The Labute approximate surface area is 123 Å². The highest BCUT2D eigenvalue weighted by atomic mass is 15.2. The average Bonchev–Trinajstić information content (AvgIpc) is 2.88. The summed E-state index contributed by atoms with van der Waals surface area (Å²) in [7, 11) is 0. The molecule has 2 heteroatoms. The SMILES string of the molecule is CCN(CC1CC2CCCCC2N1)c1ccc(C)cc1. The Morgan fingerprint density at radius 2 is 1.90 bits per heavy atom. The molecule has 1 aromatic rings. The predicted molar refractivity (Wildman–Crippen MR) is 86.4 cm³/mol. The van der Waals surface area contributed by atoms with Crippen LogP contribution in [0, 0.1) is 12.8 Å². The molecule has 2 nitrogen and oxygen atoms in total. The zero-order valence-electron chi connectivity index (χ0n) is 12.9. The second-order valence-electron chi connectivity index (χ2n) is 6.62. The van der Waals surface area contributed by atoms with Crippen molar-refractivity contribution in [1.82, 2.24) is 5.32 Å². The van der Waals surface area contributed by atoms with Crippen LogP contribution < -0.4 is 10.2 Å². The van der Waals surface area contributed by atoms with Gasteiger partial charge in [-0.15, -0.1) is 0 Å². The van der Waals surface area contributed by atoms with E-state index in [-0.39, 0.29) is 0 Å². The number of nitrogens with one attached hydrogen (secondary N) is 1. The van der Waals surface area contributed by atoms with Crippen LogP contribution in [0.5, 0.6) is 0 Å². The molecule has 1 N–H and O–H groups in total. The Balaban J connectivity index is 1.62. The van der Waals surface area contributed by atoms with Crippen molar-refractivity contribution >= 4 is 5.69 Å². The Morgan fingerprint density at radius 1 is 1.15 bits per heavy atom. The minimum absolute atomic E-state index is 0.685. The summed E-state index contributed by atoms with van der Waals surface area (Å²) in [5, 5.41) is 3.90. The van der Waals surface area contributed by atoms with Gasteiger partial charge >= 0.3 is 0 Å². The smallest absolute Gasteiger partial charge is 0.0366 e. The van der Waals surface area contributed by atoms with E-state index in [1.807, 2.05) is 0 Å². The van der Waals surface area contributed by atoms with Crippen molar-refractivity contribution in [2.75, 3.05) is 18.0 Å². The fourth-order valence-corrected chi connectivity index (χ4v) is 4.01. The van der Waals surface area contributed by atoms with Crippen LogP contribution in [0.1, 0.15) is 44.6 Å². The first-order chi connectivity index (χ1) is 9.76. The molecule has 0 radical (unpaired) electrons. The average molecular weight is 272 g/mol. The van der Waals surface area contributed by atoms with Crippen LogP contribution in [-0.2, 0) is 0 Å². The van der Waals surface area contributed by atoms with Gasteiger partial charge in [0.25, 0.3) is 0 Å². The van der Waals surface area contributed by atoms with Crippen molar-refractivity contribution in [3.8, 4) is 0 Å². The van der Waals surface area contributed by atoms with Crippen LogP contribution >= 0.6 is 0 Å². The third-order valence-electron chi connectivity index (χ3n) is 5.17. The van der Waals surface area contributed by atoms with Crippen molar-refractivity contribution in [2.24, 2.45) is 5.92 Å². The summed E-state index contributed by atoms with van der Waals surface area (Å²) in [6.07, 6.45) is 7.11. The molecule has 3 rings (SSSR count). The highest BCUT2D eigenvalue weighted by Crippen LogP contribution is 2.33. The number of fused-ring (bicyclic) bond motifs is 1. The number of rotatable bonds is 4. The molecule has 1 aromatic carbocycles. The van der Waals surface area contributed by atoms with Gasteiger partial charge < -0.3 is 10.2 Å². The molecule has 1 heterocycles. The van der Waals surface area contributed by atoms with Crippen LogP contribution in [0.25, 0.3) is 0 Å². The van der Waals surface area contributed by atoms with Crippen LogP contribution in [0.4, 0.5) is 5.69 Å². The first kappa shape index (κ1) is 13.9. The Bertz CT molecular complexity index is 412. The molecule has 0 bridgehead atoms. The summed E-state index contributed by atoms with van der Waals surface area (Å²) in [5.41, 5.74) is 2.71. The molecule has 20 heavy (non-hydrogen) atoms. The van der Waals surface area contributed by atoms with Crippen molar-refractivity contribution in [1.29, 1.82) is 0 Å². The van der Waals surface area contributed by atoms with E-state index in [9.17, 15) is 0 Å². The molecular weight excluding hydrogens is 244 g/mol.